The fourth-order valence-electron chi connectivity index (χ4n) is 1.27. The number of benzene rings is 1. The lowest BCUT2D eigenvalue weighted by molar-refractivity contribution is 0.412. The summed E-state index contributed by atoms with van der Waals surface area (Å²) in [7, 11) is -2.14. The first kappa shape index (κ1) is 13.4. The van der Waals surface area contributed by atoms with Crippen molar-refractivity contribution in [1.29, 1.82) is 0 Å². The molecule has 0 aliphatic rings. The second-order valence-corrected chi connectivity index (χ2v) is 5.46. The molecular weight excluding hydrogens is 296 g/mol. The van der Waals surface area contributed by atoms with Gasteiger partial charge in [-0.15, -0.1) is 0 Å². The molecule has 0 aliphatic heterocycles. The molecule has 0 amide bonds. The third kappa shape index (κ3) is 3.75. The van der Waals surface area contributed by atoms with Gasteiger partial charge in [0.2, 0.25) is 0 Å². The van der Waals surface area contributed by atoms with Crippen LogP contribution in [0.4, 0.5) is 0 Å². The first-order valence-electron chi connectivity index (χ1n) is 4.47. The van der Waals surface area contributed by atoms with Gasteiger partial charge in [-0.25, -0.2) is 5.14 Å². The van der Waals surface area contributed by atoms with E-state index in [1.807, 2.05) is 0 Å². The summed E-state index contributed by atoms with van der Waals surface area (Å²) in [6.07, 6.45) is 0. The Morgan fingerprint density at radius 2 is 2.12 bits per heavy atom. The Balaban J connectivity index is 2.93. The number of methoxy groups -OCH3 is 1. The Kier molecular flexibility index (Phi) is 4.31. The molecule has 1 aromatic rings. The van der Waals surface area contributed by atoms with Gasteiger partial charge in [0, 0.05) is 6.04 Å². The Bertz CT molecular complexity index is 476. The Hall–Kier alpha value is -0.630. The molecule has 7 heteroatoms. The molecule has 3 N–H and O–H groups in total. The highest BCUT2D eigenvalue weighted by Gasteiger charge is 2.12. The Morgan fingerprint density at radius 3 is 2.56 bits per heavy atom. The van der Waals surface area contributed by atoms with Gasteiger partial charge in [-0.05, 0) is 40.5 Å². The Labute approximate surface area is 103 Å². The van der Waals surface area contributed by atoms with Crippen molar-refractivity contribution in [1.82, 2.24) is 4.72 Å². The zero-order valence-electron chi connectivity index (χ0n) is 8.90. The largest absolute Gasteiger partial charge is 0.496 e. The van der Waals surface area contributed by atoms with Crippen LogP contribution in [0.3, 0.4) is 0 Å². The van der Waals surface area contributed by atoms with Gasteiger partial charge in [-0.3, -0.25) is 0 Å². The molecule has 0 saturated heterocycles. The van der Waals surface area contributed by atoms with Crippen molar-refractivity contribution in [3.05, 3.63) is 28.2 Å². The van der Waals surface area contributed by atoms with E-state index in [0.717, 1.165) is 10.0 Å². The van der Waals surface area contributed by atoms with E-state index >= 15 is 0 Å². The molecule has 16 heavy (non-hydrogen) atoms. The molecule has 0 aliphatic carbocycles. The maximum atomic E-state index is 10.9. The minimum atomic E-state index is -3.70. The van der Waals surface area contributed by atoms with E-state index in [9.17, 15) is 8.42 Å². The molecule has 0 spiro atoms. The van der Waals surface area contributed by atoms with E-state index in [2.05, 4.69) is 20.7 Å². The molecule has 1 rings (SSSR count). The normalized spacial score (nSPS) is 13.5. The zero-order valence-corrected chi connectivity index (χ0v) is 11.3. The van der Waals surface area contributed by atoms with Crippen LogP contribution in [0.5, 0.6) is 5.75 Å². The number of nitrogens with one attached hydrogen (secondary N) is 1. The summed E-state index contributed by atoms with van der Waals surface area (Å²) < 4.78 is 29.8. The van der Waals surface area contributed by atoms with Gasteiger partial charge in [0.05, 0.1) is 11.6 Å². The summed E-state index contributed by atoms with van der Waals surface area (Å²) in [5.74, 6) is 0.687. The summed E-state index contributed by atoms with van der Waals surface area (Å²) in [5.41, 5.74) is 0.793. The van der Waals surface area contributed by atoms with Gasteiger partial charge in [-0.1, -0.05) is 6.07 Å². The lowest BCUT2D eigenvalue weighted by Crippen LogP contribution is -2.32. The van der Waals surface area contributed by atoms with Crippen LogP contribution < -0.4 is 14.6 Å². The monoisotopic (exact) mass is 308 g/mol. The van der Waals surface area contributed by atoms with Gasteiger partial charge in [0.15, 0.2) is 0 Å². The molecule has 0 saturated carbocycles. The highest BCUT2D eigenvalue weighted by Crippen LogP contribution is 2.27. The number of hydrogen-bond acceptors (Lipinski definition) is 3. The summed E-state index contributed by atoms with van der Waals surface area (Å²) in [6, 6.07) is 4.91. The third-order valence-corrected chi connectivity index (χ3v) is 3.32. The molecule has 1 aromatic carbocycles. The van der Waals surface area contributed by atoms with Crippen LogP contribution >= 0.6 is 15.9 Å². The third-order valence-electron chi connectivity index (χ3n) is 2.02. The number of hydrogen-bond donors (Lipinski definition) is 2. The van der Waals surface area contributed by atoms with Crippen molar-refractivity contribution < 1.29 is 13.2 Å². The van der Waals surface area contributed by atoms with Crippen molar-refractivity contribution in [2.45, 2.75) is 13.0 Å². The van der Waals surface area contributed by atoms with Gasteiger partial charge in [-0.2, -0.15) is 13.1 Å². The second-order valence-electron chi connectivity index (χ2n) is 3.28. The number of nitrogens with two attached hydrogens (primary N) is 1. The van der Waals surface area contributed by atoms with Gasteiger partial charge < -0.3 is 4.74 Å². The van der Waals surface area contributed by atoms with Crippen molar-refractivity contribution in [2.75, 3.05) is 7.11 Å². The second kappa shape index (κ2) is 5.13. The molecular formula is C9H13BrN2O3S. The SMILES string of the molecule is COc1ccc(C(C)NS(N)(=O)=O)cc1Br. The first-order chi connectivity index (χ1) is 7.33. The summed E-state index contributed by atoms with van der Waals surface area (Å²) >= 11 is 3.32. The predicted molar refractivity (Wildman–Crippen MR) is 65.4 cm³/mol. The highest BCUT2D eigenvalue weighted by atomic mass is 79.9. The number of rotatable bonds is 4. The molecule has 90 valence electrons. The molecule has 1 unspecified atom stereocenters. The van der Waals surface area contributed by atoms with E-state index in [1.54, 1.807) is 32.2 Å². The smallest absolute Gasteiger partial charge is 0.274 e. The van der Waals surface area contributed by atoms with Gasteiger partial charge >= 0.3 is 0 Å². The van der Waals surface area contributed by atoms with Crippen molar-refractivity contribution in [2.24, 2.45) is 5.14 Å². The quantitative estimate of drug-likeness (QED) is 0.880. The van der Waals surface area contributed by atoms with Crippen LogP contribution in [0.25, 0.3) is 0 Å². The van der Waals surface area contributed by atoms with E-state index < -0.39 is 16.3 Å². The molecule has 1 atom stereocenters. The van der Waals surface area contributed by atoms with Crippen LogP contribution in [-0.2, 0) is 10.2 Å². The average molecular weight is 309 g/mol. The zero-order chi connectivity index (χ0) is 12.3. The molecule has 0 fully saturated rings. The minimum absolute atomic E-state index is 0.391. The van der Waals surface area contributed by atoms with E-state index in [4.69, 9.17) is 9.88 Å². The van der Waals surface area contributed by atoms with Crippen LogP contribution in [0.15, 0.2) is 22.7 Å². The van der Waals surface area contributed by atoms with Crippen LogP contribution in [-0.4, -0.2) is 15.5 Å². The fraction of sp³-hybridized carbons (Fsp3) is 0.333. The van der Waals surface area contributed by atoms with Crippen LogP contribution in [0, 0.1) is 0 Å². The van der Waals surface area contributed by atoms with Crippen LogP contribution in [0.1, 0.15) is 18.5 Å². The molecule has 0 bridgehead atoms. The fourth-order valence-corrected chi connectivity index (χ4v) is 2.45. The molecule has 0 heterocycles. The van der Waals surface area contributed by atoms with Gasteiger partial charge in [0.1, 0.15) is 5.75 Å². The standard InChI is InChI=1S/C9H13BrN2O3S/c1-6(12-16(11,13)14)7-3-4-9(15-2)8(10)5-7/h3-6,12H,1-2H3,(H2,11,13,14). The van der Waals surface area contributed by atoms with Crippen LogP contribution in [0.2, 0.25) is 0 Å². The molecule has 0 aromatic heterocycles. The van der Waals surface area contributed by atoms with Crippen molar-refractivity contribution in [3.63, 3.8) is 0 Å². The van der Waals surface area contributed by atoms with Crippen molar-refractivity contribution in [3.8, 4) is 5.75 Å². The molecule has 5 nitrogen and oxygen atoms in total. The van der Waals surface area contributed by atoms with E-state index in [0.29, 0.717) is 5.75 Å². The number of halogens is 1. The minimum Gasteiger partial charge on any atom is -0.496 e. The van der Waals surface area contributed by atoms with Gasteiger partial charge in [0.25, 0.3) is 10.2 Å². The molecule has 0 radical (unpaired) electrons. The average Bonchev–Trinajstić information content (AvgIpc) is 2.15. The Morgan fingerprint density at radius 1 is 1.50 bits per heavy atom. The number of ether oxygens (including phenoxy) is 1. The topological polar surface area (TPSA) is 81.4 Å². The summed E-state index contributed by atoms with van der Waals surface area (Å²) in [6.45, 7) is 1.71. The lowest BCUT2D eigenvalue weighted by atomic mass is 10.1. The van der Waals surface area contributed by atoms with Crippen molar-refractivity contribution >= 4 is 26.1 Å². The highest BCUT2D eigenvalue weighted by molar-refractivity contribution is 9.10. The maximum absolute atomic E-state index is 10.9. The summed E-state index contributed by atoms with van der Waals surface area (Å²) in [5, 5.41) is 4.89. The predicted octanol–water partition coefficient (Wildman–Crippen LogP) is 1.31. The van der Waals surface area contributed by atoms with E-state index in [-0.39, 0.29) is 0 Å². The lowest BCUT2D eigenvalue weighted by Gasteiger charge is -2.13. The maximum Gasteiger partial charge on any atom is 0.274 e. The van der Waals surface area contributed by atoms with E-state index in [1.165, 1.54) is 0 Å². The first-order valence-corrected chi connectivity index (χ1v) is 6.81. The summed E-state index contributed by atoms with van der Waals surface area (Å²) in [4.78, 5) is 0.